The van der Waals surface area contributed by atoms with Crippen molar-refractivity contribution >= 4 is 34.9 Å². The van der Waals surface area contributed by atoms with Crippen molar-refractivity contribution in [1.82, 2.24) is 4.90 Å². The zero-order chi connectivity index (χ0) is 26.2. The van der Waals surface area contributed by atoms with Gasteiger partial charge in [0, 0.05) is 38.3 Å². The van der Waals surface area contributed by atoms with Crippen molar-refractivity contribution in [1.29, 1.82) is 0 Å². The molecule has 4 rings (SSSR count). The summed E-state index contributed by atoms with van der Waals surface area (Å²) < 4.78 is 10.7. The summed E-state index contributed by atoms with van der Waals surface area (Å²) in [6.45, 7) is 8.65. The largest absolute Gasteiger partial charge is 0.492 e. The lowest BCUT2D eigenvalue weighted by Gasteiger charge is -2.37. The Labute approximate surface area is 222 Å². The van der Waals surface area contributed by atoms with Crippen LogP contribution in [0, 0.1) is 0 Å². The monoisotopic (exact) mass is 521 g/mol. The highest BCUT2D eigenvalue weighted by Gasteiger charge is 2.22. The molecular weight excluding hydrogens is 490 g/mol. The van der Waals surface area contributed by atoms with E-state index < -0.39 is 5.97 Å². The second-order valence-electron chi connectivity index (χ2n) is 8.73. The normalized spacial score (nSPS) is 13.8. The Bertz CT molecular complexity index is 1230. The standard InChI is InChI=1S/C29H32ClN3O4/c1-3-36-27-13-11-22(18-24(27)30)28(34)31-25-19-23(29(35)37-4-2)10-12-26(25)33-16-14-32(15-17-33)20-21-8-6-5-7-9-21/h5-13,18-19H,3-4,14-17,20H2,1-2H3,(H,31,34). The van der Waals surface area contributed by atoms with Crippen LogP contribution in [-0.2, 0) is 11.3 Å². The first kappa shape index (κ1) is 26.5. The molecule has 1 amide bonds. The minimum absolute atomic E-state index is 0.274. The molecule has 1 aliphatic rings. The van der Waals surface area contributed by atoms with Gasteiger partial charge >= 0.3 is 5.97 Å². The number of rotatable bonds is 9. The number of esters is 1. The summed E-state index contributed by atoms with van der Waals surface area (Å²) in [5, 5.41) is 3.36. The summed E-state index contributed by atoms with van der Waals surface area (Å²) in [6.07, 6.45) is 0. The highest BCUT2D eigenvalue weighted by atomic mass is 35.5. The summed E-state index contributed by atoms with van der Waals surface area (Å²) in [5.41, 5.74) is 3.48. The van der Waals surface area contributed by atoms with Gasteiger partial charge < -0.3 is 19.7 Å². The van der Waals surface area contributed by atoms with Gasteiger partial charge in [0.2, 0.25) is 0 Å². The lowest BCUT2D eigenvalue weighted by molar-refractivity contribution is 0.0526. The molecule has 194 valence electrons. The third kappa shape index (κ3) is 6.81. The van der Waals surface area contributed by atoms with Crippen molar-refractivity contribution in [3.8, 4) is 5.75 Å². The van der Waals surface area contributed by atoms with Gasteiger partial charge in [0.25, 0.3) is 5.91 Å². The van der Waals surface area contributed by atoms with E-state index in [1.807, 2.05) is 19.1 Å². The highest BCUT2D eigenvalue weighted by Crippen LogP contribution is 2.31. The van der Waals surface area contributed by atoms with Crippen molar-refractivity contribution in [2.24, 2.45) is 0 Å². The number of amides is 1. The minimum atomic E-state index is -0.429. The molecule has 1 heterocycles. The molecule has 0 aliphatic carbocycles. The molecule has 1 fully saturated rings. The van der Waals surface area contributed by atoms with Crippen molar-refractivity contribution < 1.29 is 19.1 Å². The van der Waals surface area contributed by atoms with Gasteiger partial charge in [-0.3, -0.25) is 9.69 Å². The van der Waals surface area contributed by atoms with E-state index in [9.17, 15) is 9.59 Å². The summed E-state index contributed by atoms with van der Waals surface area (Å²) >= 11 is 6.30. The molecule has 0 radical (unpaired) electrons. The number of ether oxygens (including phenoxy) is 2. The average Bonchev–Trinajstić information content (AvgIpc) is 2.91. The maximum absolute atomic E-state index is 13.2. The first-order valence-electron chi connectivity index (χ1n) is 12.5. The first-order chi connectivity index (χ1) is 18.0. The van der Waals surface area contributed by atoms with E-state index in [0.717, 1.165) is 38.4 Å². The average molecular weight is 522 g/mol. The first-order valence-corrected chi connectivity index (χ1v) is 12.9. The molecule has 0 aromatic heterocycles. The van der Waals surface area contributed by atoms with Gasteiger partial charge in [-0.25, -0.2) is 4.79 Å². The summed E-state index contributed by atoms with van der Waals surface area (Å²) in [7, 11) is 0. The number of halogens is 1. The van der Waals surface area contributed by atoms with E-state index >= 15 is 0 Å². The summed E-state index contributed by atoms with van der Waals surface area (Å²) in [4.78, 5) is 30.2. The van der Waals surface area contributed by atoms with Gasteiger partial charge in [0.05, 0.1) is 35.2 Å². The highest BCUT2D eigenvalue weighted by molar-refractivity contribution is 6.32. The predicted octanol–water partition coefficient (Wildman–Crippen LogP) is 5.49. The Morgan fingerprint density at radius 1 is 0.892 bits per heavy atom. The van der Waals surface area contributed by atoms with E-state index in [-0.39, 0.29) is 12.5 Å². The fourth-order valence-electron chi connectivity index (χ4n) is 4.35. The Kier molecular flexibility index (Phi) is 9.04. The molecule has 1 aliphatic heterocycles. The number of nitrogens with one attached hydrogen (secondary N) is 1. The number of nitrogens with zero attached hydrogens (tertiary/aromatic N) is 2. The fraction of sp³-hybridized carbons (Fsp3) is 0.310. The molecule has 1 saturated heterocycles. The van der Waals surface area contributed by atoms with Gasteiger partial charge in [-0.05, 0) is 55.8 Å². The Morgan fingerprint density at radius 2 is 1.62 bits per heavy atom. The molecule has 0 saturated carbocycles. The third-order valence-corrected chi connectivity index (χ3v) is 6.51. The van der Waals surface area contributed by atoms with Crippen molar-refractivity contribution in [3.05, 3.63) is 88.4 Å². The van der Waals surface area contributed by atoms with Gasteiger partial charge in [-0.15, -0.1) is 0 Å². The molecule has 7 nitrogen and oxygen atoms in total. The number of anilines is 2. The second kappa shape index (κ2) is 12.6. The van der Waals surface area contributed by atoms with E-state index in [4.69, 9.17) is 21.1 Å². The lowest BCUT2D eigenvalue weighted by Crippen LogP contribution is -2.46. The van der Waals surface area contributed by atoms with Crippen molar-refractivity contribution in [3.63, 3.8) is 0 Å². The number of piperazine rings is 1. The van der Waals surface area contributed by atoms with Gasteiger partial charge in [-0.2, -0.15) is 0 Å². The third-order valence-electron chi connectivity index (χ3n) is 6.21. The van der Waals surface area contributed by atoms with Gasteiger partial charge in [0.15, 0.2) is 0 Å². The van der Waals surface area contributed by atoms with E-state index in [2.05, 4.69) is 39.4 Å². The molecule has 0 atom stereocenters. The molecule has 0 bridgehead atoms. The SMILES string of the molecule is CCOC(=O)c1ccc(N2CCN(Cc3ccccc3)CC2)c(NC(=O)c2ccc(OCC)c(Cl)c2)c1. The van der Waals surface area contributed by atoms with E-state index in [1.54, 1.807) is 37.3 Å². The van der Waals surface area contributed by atoms with Crippen LogP contribution in [0.2, 0.25) is 5.02 Å². The molecule has 3 aromatic carbocycles. The number of carbonyl (C=O) groups is 2. The smallest absolute Gasteiger partial charge is 0.338 e. The second-order valence-corrected chi connectivity index (χ2v) is 9.14. The number of hydrogen-bond donors (Lipinski definition) is 1. The van der Waals surface area contributed by atoms with Crippen LogP contribution < -0.4 is 15.0 Å². The van der Waals surface area contributed by atoms with Crippen LogP contribution in [0.5, 0.6) is 5.75 Å². The Morgan fingerprint density at radius 3 is 2.30 bits per heavy atom. The minimum Gasteiger partial charge on any atom is -0.492 e. The molecule has 8 heteroatoms. The van der Waals surface area contributed by atoms with E-state index in [1.165, 1.54) is 5.56 Å². The molecular formula is C29H32ClN3O4. The quantitative estimate of drug-likeness (QED) is 0.375. The molecule has 37 heavy (non-hydrogen) atoms. The van der Waals surface area contributed by atoms with Crippen LogP contribution in [0.3, 0.4) is 0 Å². The Balaban J connectivity index is 1.53. The topological polar surface area (TPSA) is 71.1 Å². The lowest BCUT2D eigenvalue weighted by atomic mass is 10.1. The number of benzene rings is 3. The predicted molar refractivity (Wildman–Crippen MR) is 147 cm³/mol. The van der Waals surface area contributed by atoms with Gasteiger partial charge in [-0.1, -0.05) is 41.9 Å². The maximum atomic E-state index is 13.2. The van der Waals surface area contributed by atoms with Crippen LogP contribution >= 0.6 is 11.6 Å². The summed E-state index contributed by atoms with van der Waals surface area (Å²) in [6, 6.07) is 20.7. The summed E-state index contributed by atoms with van der Waals surface area (Å²) in [5.74, 6) is -0.227. The zero-order valence-corrected chi connectivity index (χ0v) is 22.0. The molecule has 0 unspecified atom stereocenters. The maximum Gasteiger partial charge on any atom is 0.338 e. The Hall–Kier alpha value is -3.55. The van der Waals surface area contributed by atoms with Crippen LogP contribution in [0.1, 0.15) is 40.1 Å². The molecule has 1 N–H and O–H groups in total. The zero-order valence-electron chi connectivity index (χ0n) is 21.2. The number of hydrogen-bond acceptors (Lipinski definition) is 6. The van der Waals surface area contributed by atoms with Crippen molar-refractivity contribution in [2.75, 3.05) is 49.6 Å². The molecule has 0 spiro atoms. The van der Waals surface area contributed by atoms with Crippen LogP contribution in [0.15, 0.2) is 66.7 Å². The van der Waals surface area contributed by atoms with E-state index in [0.29, 0.717) is 34.2 Å². The van der Waals surface area contributed by atoms with Crippen LogP contribution in [0.25, 0.3) is 0 Å². The fourth-order valence-corrected chi connectivity index (χ4v) is 4.59. The van der Waals surface area contributed by atoms with Gasteiger partial charge in [0.1, 0.15) is 5.75 Å². The number of carbonyl (C=O) groups excluding carboxylic acids is 2. The molecule has 3 aromatic rings. The van der Waals surface area contributed by atoms with Crippen molar-refractivity contribution in [2.45, 2.75) is 20.4 Å². The van der Waals surface area contributed by atoms with Crippen LogP contribution in [0.4, 0.5) is 11.4 Å². The van der Waals surface area contributed by atoms with Crippen LogP contribution in [-0.4, -0.2) is 56.2 Å².